The van der Waals surface area contributed by atoms with E-state index in [-0.39, 0.29) is 6.61 Å². The van der Waals surface area contributed by atoms with Crippen molar-refractivity contribution in [3.63, 3.8) is 0 Å². The van der Waals surface area contributed by atoms with Crippen molar-refractivity contribution < 1.29 is 33.2 Å². The number of hydrogen-bond acceptors (Lipinski definition) is 7. The zero-order valence-electron chi connectivity index (χ0n) is 16.8. The van der Waals surface area contributed by atoms with Gasteiger partial charge in [-0.15, -0.1) is 0 Å². The third kappa shape index (κ3) is 17.3. The van der Waals surface area contributed by atoms with E-state index in [0.29, 0.717) is 72.6 Å². The first-order valence-corrected chi connectivity index (χ1v) is 10.8. The number of nitrogens with one attached hydrogen (secondary N) is 1. The molecule has 1 aromatic rings. The molecule has 0 fully saturated rings. The summed E-state index contributed by atoms with van der Waals surface area (Å²) in [7, 11) is 0. The quantitative estimate of drug-likeness (QED) is 0.242. The zero-order chi connectivity index (χ0) is 20.8. The van der Waals surface area contributed by atoms with E-state index in [1.807, 2.05) is 30.3 Å². The lowest BCUT2D eigenvalue weighted by Gasteiger charge is -2.09. The fourth-order valence-corrected chi connectivity index (χ4v) is 2.26. The van der Waals surface area contributed by atoms with Gasteiger partial charge in [-0.1, -0.05) is 46.3 Å². The lowest BCUT2D eigenvalue weighted by Crippen LogP contribution is -2.28. The predicted molar refractivity (Wildman–Crippen MR) is 113 cm³/mol. The molecule has 0 saturated carbocycles. The Kier molecular flexibility index (Phi) is 17.9. The molecular weight excluding hydrogens is 446 g/mol. The number of carbonyl (C=O) groups is 1. The fourth-order valence-electron chi connectivity index (χ4n) is 2.04. The summed E-state index contributed by atoms with van der Waals surface area (Å²) in [6.45, 7) is 5.92. The standard InChI is InChI=1S/C20H32BrNO7/c21-6-8-24-10-12-26-14-16-28-17-15-27-13-11-25-9-7-22-20(23)29-18-19-4-2-1-3-5-19/h1-5H,6-18H2,(H,22,23). The van der Waals surface area contributed by atoms with Gasteiger partial charge in [-0.2, -0.15) is 0 Å². The first-order valence-electron chi connectivity index (χ1n) is 9.72. The van der Waals surface area contributed by atoms with Gasteiger partial charge >= 0.3 is 6.09 Å². The number of rotatable bonds is 19. The number of amides is 1. The summed E-state index contributed by atoms with van der Waals surface area (Å²) < 4.78 is 31.9. The van der Waals surface area contributed by atoms with Gasteiger partial charge < -0.3 is 33.7 Å². The molecule has 1 rings (SSSR count). The number of hydrogen-bond donors (Lipinski definition) is 1. The van der Waals surface area contributed by atoms with Crippen molar-refractivity contribution in [3.05, 3.63) is 35.9 Å². The number of benzene rings is 1. The molecule has 9 heteroatoms. The van der Waals surface area contributed by atoms with Crippen LogP contribution in [0.3, 0.4) is 0 Å². The molecule has 0 radical (unpaired) electrons. The Bertz CT molecular complexity index is 493. The Morgan fingerprint density at radius 3 is 1.72 bits per heavy atom. The van der Waals surface area contributed by atoms with Gasteiger partial charge in [0, 0.05) is 11.9 Å². The lowest BCUT2D eigenvalue weighted by molar-refractivity contribution is -0.00977. The highest BCUT2D eigenvalue weighted by Gasteiger charge is 2.01. The summed E-state index contributed by atoms with van der Waals surface area (Å²) in [4.78, 5) is 11.5. The average molecular weight is 478 g/mol. The Morgan fingerprint density at radius 2 is 1.21 bits per heavy atom. The van der Waals surface area contributed by atoms with Crippen molar-refractivity contribution in [2.24, 2.45) is 0 Å². The van der Waals surface area contributed by atoms with Gasteiger partial charge in [-0.25, -0.2) is 4.79 Å². The van der Waals surface area contributed by atoms with Gasteiger partial charge in [0.15, 0.2) is 0 Å². The third-order valence-corrected chi connectivity index (χ3v) is 3.76. The maximum Gasteiger partial charge on any atom is 0.407 e. The molecule has 1 amide bonds. The number of alkyl halides is 1. The van der Waals surface area contributed by atoms with E-state index in [1.54, 1.807) is 0 Å². The van der Waals surface area contributed by atoms with Gasteiger partial charge in [0.05, 0.1) is 66.1 Å². The Balaban J connectivity index is 1.74. The van der Waals surface area contributed by atoms with Crippen LogP contribution in [0, 0.1) is 0 Å². The van der Waals surface area contributed by atoms with Crippen LogP contribution in [0.1, 0.15) is 5.56 Å². The van der Waals surface area contributed by atoms with Crippen LogP contribution in [0.4, 0.5) is 4.79 Å². The zero-order valence-corrected chi connectivity index (χ0v) is 18.4. The number of carbonyl (C=O) groups excluding carboxylic acids is 1. The topological polar surface area (TPSA) is 84.5 Å². The summed E-state index contributed by atoms with van der Waals surface area (Å²) in [5.41, 5.74) is 0.947. The molecule has 0 spiro atoms. The molecular formula is C20H32BrNO7. The van der Waals surface area contributed by atoms with Crippen LogP contribution in [0.2, 0.25) is 0 Å². The van der Waals surface area contributed by atoms with Gasteiger partial charge in [-0.3, -0.25) is 0 Å². The van der Waals surface area contributed by atoms with Crippen molar-refractivity contribution in [3.8, 4) is 0 Å². The van der Waals surface area contributed by atoms with E-state index in [9.17, 15) is 4.79 Å². The van der Waals surface area contributed by atoms with E-state index in [4.69, 9.17) is 28.4 Å². The average Bonchev–Trinajstić information content (AvgIpc) is 2.75. The molecule has 0 aliphatic carbocycles. The molecule has 0 atom stereocenters. The Morgan fingerprint density at radius 1 is 0.724 bits per heavy atom. The highest BCUT2D eigenvalue weighted by Crippen LogP contribution is 2.00. The van der Waals surface area contributed by atoms with Gasteiger partial charge in [-0.05, 0) is 5.56 Å². The highest BCUT2D eigenvalue weighted by molar-refractivity contribution is 9.09. The smallest absolute Gasteiger partial charge is 0.407 e. The molecule has 1 aromatic carbocycles. The summed E-state index contributed by atoms with van der Waals surface area (Å²) in [6, 6.07) is 9.52. The minimum atomic E-state index is -0.457. The van der Waals surface area contributed by atoms with Crippen LogP contribution in [-0.4, -0.2) is 84.0 Å². The second-order valence-electron chi connectivity index (χ2n) is 5.74. The number of alkyl carbamates (subject to hydrolysis) is 1. The molecule has 1 N–H and O–H groups in total. The van der Waals surface area contributed by atoms with E-state index in [2.05, 4.69) is 21.2 Å². The van der Waals surface area contributed by atoms with Crippen molar-refractivity contribution in [2.75, 3.05) is 77.9 Å². The highest BCUT2D eigenvalue weighted by atomic mass is 79.9. The van der Waals surface area contributed by atoms with Crippen LogP contribution in [0.15, 0.2) is 30.3 Å². The second kappa shape index (κ2) is 20.1. The van der Waals surface area contributed by atoms with E-state index >= 15 is 0 Å². The van der Waals surface area contributed by atoms with Crippen molar-refractivity contribution >= 4 is 22.0 Å². The van der Waals surface area contributed by atoms with Gasteiger partial charge in [0.25, 0.3) is 0 Å². The lowest BCUT2D eigenvalue weighted by atomic mass is 10.2. The van der Waals surface area contributed by atoms with Crippen LogP contribution in [0.5, 0.6) is 0 Å². The minimum absolute atomic E-state index is 0.251. The molecule has 29 heavy (non-hydrogen) atoms. The van der Waals surface area contributed by atoms with Crippen LogP contribution < -0.4 is 5.32 Å². The normalized spacial score (nSPS) is 10.8. The first-order chi connectivity index (χ1) is 14.3. The van der Waals surface area contributed by atoms with Crippen LogP contribution in [-0.2, 0) is 35.0 Å². The Labute approximate surface area is 181 Å². The number of ether oxygens (including phenoxy) is 6. The second-order valence-corrected chi connectivity index (χ2v) is 6.53. The molecule has 166 valence electrons. The van der Waals surface area contributed by atoms with Crippen molar-refractivity contribution in [1.29, 1.82) is 0 Å². The molecule has 0 aliphatic rings. The summed E-state index contributed by atoms with van der Waals surface area (Å²) in [5, 5.41) is 3.47. The van der Waals surface area contributed by atoms with Crippen molar-refractivity contribution in [1.82, 2.24) is 5.32 Å². The molecule has 0 unspecified atom stereocenters. The SMILES string of the molecule is O=C(NCCOCCOCCOCCOCCOCCBr)OCc1ccccc1. The molecule has 0 bridgehead atoms. The summed E-state index contributed by atoms with van der Waals surface area (Å²) >= 11 is 3.29. The summed E-state index contributed by atoms with van der Waals surface area (Å²) in [5.74, 6) is 0. The monoisotopic (exact) mass is 477 g/mol. The Hall–Kier alpha value is -1.23. The fraction of sp³-hybridized carbons (Fsp3) is 0.650. The molecule has 0 aromatic heterocycles. The first kappa shape index (κ1) is 25.8. The van der Waals surface area contributed by atoms with Crippen LogP contribution in [0.25, 0.3) is 0 Å². The molecule has 0 aliphatic heterocycles. The summed E-state index contributed by atoms with van der Waals surface area (Å²) in [6.07, 6.45) is -0.457. The number of halogens is 1. The van der Waals surface area contributed by atoms with E-state index in [1.165, 1.54) is 0 Å². The van der Waals surface area contributed by atoms with Gasteiger partial charge in [0.1, 0.15) is 6.61 Å². The predicted octanol–water partition coefficient (Wildman–Crippen LogP) is 2.39. The van der Waals surface area contributed by atoms with Gasteiger partial charge in [0.2, 0.25) is 0 Å². The maximum absolute atomic E-state index is 11.5. The maximum atomic E-state index is 11.5. The van der Waals surface area contributed by atoms with Crippen LogP contribution >= 0.6 is 15.9 Å². The van der Waals surface area contributed by atoms with Crippen molar-refractivity contribution in [2.45, 2.75) is 6.61 Å². The molecule has 0 saturated heterocycles. The third-order valence-electron chi connectivity index (χ3n) is 3.44. The molecule has 8 nitrogen and oxygen atoms in total. The minimum Gasteiger partial charge on any atom is -0.445 e. The largest absolute Gasteiger partial charge is 0.445 e. The van der Waals surface area contributed by atoms with E-state index in [0.717, 1.165) is 10.9 Å². The molecule has 0 heterocycles. The van der Waals surface area contributed by atoms with E-state index < -0.39 is 6.09 Å².